The van der Waals surface area contributed by atoms with Gasteiger partial charge < -0.3 is 19.3 Å². The van der Waals surface area contributed by atoms with Gasteiger partial charge in [-0.25, -0.2) is 4.79 Å². The van der Waals surface area contributed by atoms with Crippen molar-refractivity contribution in [3.8, 4) is 17.2 Å². The lowest BCUT2D eigenvalue weighted by Gasteiger charge is -2.17. The van der Waals surface area contributed by atoms with Crippen LogP contribution in [-0.4, -0.2) is 31.4 Å². The maximum absolute atomic E-state index is 11.5. The predicted molar refractivity (Wildman–Crippen MR) is 86.8 cm³/mol. The van der Waals surface area contributed by atoms with E-state index in [9.17, 15) is 9.90 Å². The lowest BCUT2D eigenvalue weighted by molar-refractivity contribution is -0.145. The van der Waals surface area contributed by atoms with Gasteiger partial charge in [0.1, 0.15) is 17.2 Å². The van der Waals surface area contributed by atoms with Crippen molar-refractivity contribution in [1.82, 2.24) is 0 Å². The zero-order chi connectivity index (χ0) is 16.8. The monoisotopic (exact) mass is 336 g/mol. The van der Waals surface area contributed by atoms with Gasteiger partial charge in [0.2, 0.25) is 0 Å². The van der Waals surface area contributed by atoms with Crippen molar-refractivity contribution in [3.05, 3.63) is 53.1 Å². The van der Waals surface area contributed by atoms with Crippen LogP contribution in [0.3, 0.4) is 0 Å². The predicted octanol–water partition coefficient (Wildman–Crippen LogP) is 3.43. The van der Waals surface area contributed by atoms with E-state index >= 15 is 0 Å². The molecular formula is C17H17ClO5. The van der Waals surface area contributed by atoms with E-state index in [1.807, 2.05) is 0 Å². The lowest BCUT2D eigenvalue weighted by atomic mass is 10.1. The molecule has 0 saturated heterocycles. The Bertz CT molecular complexity index is 669. The Morgan fingerprint density at radius 2 is 1.74 bits per heavy atom. The van der Waals surface area contributed by atoms with E-state index in [1.54, 1.807) is 49.6 Å². The highest BCUT2D eigenvalue weighted by atomic mass is 35.5. The molecule has 0 bridgehead atoms. The number of ether oxygens (including phenoxy) is 3. The summed E-state index contributed by atoms with van der Waals surface area (Å²) in [7, 11) is 3.08. The average Bonchev–Trinajstić information content (AvgIpc) is 2.56. The van der Waals surface area contributed by atoms with Crippen LogP contribution < -0.4 is 14.2 Å². The molecule has 0 aliphatic heterocycles. The molecule has 1 N–H and O–H groups in total. The van der Waals surface area contributed by atoms with Gasteiger partial charge in [0.15, 0.2) is 6.10 Å². The van der Waals surface area contributed by atoms with E-state index in [4.69, 9.17) is 25.8 Å². The third-order valence-electron chi connectivity index (χ3n) is 3.27. The minimum absolute atomic E-state index is 0.158. The molecule has 2 rings (SSSR count). The summed E-state index contributed by atoms with van der Waals surface area (Å²) >= 11 is 5.81. The van der Waals surface area contributed by atoms with Gasteiger partial charge in [-0.05, 0) is 35.9 Å². The molecule has 0 fully saturated rings. The Kier molecular flexibility index (Phi) is 5.71. The molecule has 23 heavy (non-hydrogen) atoms. The number of aliphatic carboxylic acids is 1. The molecule has 0 heterocycles. The van der Waals surface area contributed by atoms with Crippen LogP contribution in [0.2, 0.25) is 5.02 Å². The number of carbonyl (C=O) groups is 1. The van der Waals surface area contributed by atoms with E-state index in [0.717, 1.165) is 5.56 Å². The zero-order valence-electron chi connectivity index (χ0n) is 12.8. The molecular weight excluding hydrogens is 320 g/mol. The maximum Gasteiger partial charge on any atom is 0.345 e. The van der Waals surface area contributed by atoms with Crippen molar-refractivity contribution in [3.63, 3.8) is 0 Å². The molecule has 2 aromatic rings. The molecule has 0 aliphatic carbocycles. The van der Waals surface area contributed by atoms with Crippen LogP contribution in [0.1, 0.15) is 5.56 Å². The van der Waals surface area contributed by atoms with E-state index in [0.29, 0.717) is 22.3 Å². The molecule has 2 aromatic carbocycles. The third-order valence-corrected chi connectivity index (χ3v) is 3.52. The van der Waals surface area contributed by atoms with E-state index < -0.39 is 12.1 Å². The Balaban J connectivity index is 2.19. The fourth-order valence-corrected chi connectivity index (χ4v) is 2.20. The summed E-state index contributed by atoms with van der Waals surface area (Å²) in [6, 6.07) is 11.8. The van der Waals surface area contributed by atoms with Crippen LogP contribution in [0.5, 0.6) is 17.2 Å². The average molecular weight is 337 g/mol. The standard InChI is InChI=1S/C17H17ClO5/c1-21-14-6-3-11(15(10-14)22-2)9-16(17(19)20)23-13-7-4-12(18)5-8-13/h3-8,10,16H,9H2,1-2H3,(H,19,20). The molecule has 0 radical (unpaired) electrons. The van der Waals surface area contributed by atoms with Gasteiger partial charge in [-0.1, -0.05) is 17.7 Å². The van der Waals surface area contributed by atoms with Gasteiger partial charge in [0, 0.05) is 17.5 Å². The van der Waals surface area contributed by atoms with Crippen LogP contribution >= 0.6 is 11.6 Å². The second kappa shape index (κ2) is 7.74. The summed E-state index contributed by atoms with van der Waals surface area (Å²) in [6.07, 6.45) is -0.885. The Hall–Kier alpha value is -2.40. The topological polar surface area (TPSA) is 65.0 Å². The summed E-state index contributed by atoms with van der Waals surface area (Å²) in [4.78, 5) is 11.5. The van der Waals surface area contributed by atoms with E-state index in [2.05, 4.69) is 0 Å². The molecule has 0 aliphatic rings. The molecule has 122 valence electrons. The number of hydrogen-bond donors (Lipinski definition) is 1. The highest BCUT2D eigenvalue weighted by Crippen LogP contribution is 2.27. The van der Waals surface area contributed by atoms with Crippen LogP contribution in [0.15, 0.2) is 42.5 Å². The van der Waals surface area contributed by atoms with Gasteiger partial charge in [-0.15, -0.1) is 0 Å². The van der Waals surface area contributed by atoms with Crippen molar-refractivity contribution in [2.45, 2.75) is 12.5 Å². The number of halogens is 1. The molecule has 1 atom stereocenters. The normalized spacial score (nSPS) is 11.6. The number of benzene rings is 2. The minimum Gasteiger partial charge on any atom is -0.497 e. The highest BCUT2D eigenvalue weighted by Gasteiger charge is 2.22. The van der Waals surface area contributed by atoms with Gasteiger partial charge in [-0.3, -0.25) is 0 Å². The first-order valence-electron chi connectivity index (χ1n) is 6.89. The molecule has 5 nitrogen and oxygen atoms in total. The number of carboxylic acid groups (broad SMARTS) is 1. The minimum atomic E-state index is -1.06. The molecule has 0 saturated carbocycles. The largest absolute Gasteiger partial charge is 0.497 e. The lowest BCUT2D eigenvalue weighted by Crippen LogP contribution is -2.29. The van der Waals surface area contributed by atoms with Crippen LogP contribution in [0, 0.1) is 0 Å². The van der Waals surface area contributed by atoms with Crippen LogP contribution in [0.4, 0.5) is 0 Å². The zero-order valence-corrected chi connectivity index (χ0v) is 13.5. The number of carboxylic acids is 1. The summed E-state index contributed by atoms with van der Waals surface area (Å²) in [5.74, 6) is 0.568. The highest BCUT2D eigenvalue weighted by molar-refractivity contribution is 6.30. The molecule has 1 unspecified atom stereocenters. The number of hydrogen-bond acceptors (Lipinski definition) is 4. The van der Waals surface area contributed by atoms with Crippen LogP contribution in [0.25, 0.3) is 0 Å². The maximum atomic E-state index is 11.5. The van der Waals surface area contributed by atoms with E-state index in [-0.39, 0.29) is 6.42 Å². The second-order valence-electron chi connectivity index (χ2n) is 4.78. The fourth-order valence-electron chi connectivity index (χ4n) is 2.08. The summed E-state index contributed by atoms with van der Waals surface area (Å²) in [6.45, 7) is 0. The first-order valence-corrected chi connectivity index (χ1v) is 7.27. The Labute approximate surface area is 139 Å². The van der Waals surface area contributed by atoms with Crippen molar-refractivity contribution < 1.29 is 24.1 Å². The van der Waals surface area contributed by atoms with Gasteiger partial charge >= 0.3 is 5.97 Å². The molecule has 0 spiro atoms. The van der Waals surface area contributed by atoms with Gasteiger partial charge in [0.25, 0.3) is 0 Å². The SMILES string of the molecule is COc1ccc(CC(Oc2ccc(Cl)cc2)C(=O)O)c(OC)c1. The van der Waals surface area contributed by atoms with Crippen LogP contribution in [-0.2, 0) is 11.2 Å². The Morgan fingerprint density at radius 1 is 1.09 bits per heavy atom. The first kappa shape index (κ1) is 17.0. The molecule has 6 heteroatoms. The van der Waals surface area contributed by atoms with E-state index in [1.165, 1.54) is 7.11 Å². The van der Waals surface area contributed by atoms with Crippen molar-refractivity contribution in [2.24, 2.45) is 0 Å². The van der Waals surface area contributed by atoms with Gasteiger partial charge in [0.05, 0.1) is 14.2 Å². The molecule has 0 aromatic heterocycles. The quantitative estimate of drug-likeness (QED) is 0.839. The number of rotatable bonds is 7. The fraction of sp³-hybridized carbons (Fsp3) is 0.235. The van der Waals surface area contributed by atoms with Gasteiger partial charge in [-0.2, -0.15) is 0 Å². The van der Waals surface area contributed by atoms with Crippen molar-refractivity contribution >= 4 is 17.6 Å². The number of methoxy groups -OCH3 is 2. The second-order valence-corrected chi connectivity index (χ2v) is 5.22. The first-order chi connectivity index (χ1) is 11.0. The smallest absolute Gasteiger partial charge is 0.345 e. The van der Waals surface area contributed by atoms with Crippen molar-refractivity contribution in [2.75, 3.05) is 14.2 Å². The summed E-state index contributed by atoms with van der Waals surface area (Å²) < 4.78 is 16.0. The van der Waals surface area contributed by atoms with Crippen molar-refractivity contribution in [1.29, 1.82) is 0 Å². The summed E-state index contributed by atoms with van der Waals surface area (Å²) in [5.41, 5.74) is 0.717. The third kappa shape index (κ3) is 4.53. The molecule has 0 amide bonds. The Morgan fingerprint density at radius 3 is 2.30 bits per heavy atom. The summed E-state index contributed by atoms with van der Waals surface area (Å²) in [5, 5.41) is 9.95.